The van der Waals surface area contributed by atoms with Gasteiger partial charge in [-0.25, -0.2) is 0 Å². The Morgan fingerprint density at radius 2 is 0.931 bits per heavy atom. The fraction of sp³-hybridized carbons (Fsp3) is 0.143. The van der Waals surface area contributed by atoms with Crippen molar-refractivity contribution in [2.45, 2.75) is 51.9 Å². The van der Waals surface area contributed by atoms with E-state index in [0.29, 0.717) is 0 Å². The summed E-state index contributed by atoms with van der Waals surface area (Å²) < 4.78 is 2.39. The smallest absolute Gasteiger partial charge is 0.0541 e. The molecule has 0 spiro atoms. The highest BCUT2D eigenvalue weighted by atomic mass is 15.1. The van der Waals surface area contributed by atoms with Crippen LogP contribution in [0.15, 0.2) is 176 Å². The molecule has 280 valence electrons. The van der Waals surface area contributed by atoms with Gasteiger partial charge in [-0.15, -0.1) is 0 Å². The first kappa shape index (κ1) is 34.6. The van der Waals surface area contributed by atoms with Crippen LogP contribution in [0.2, 0.25) is 0 Å². The molecule has 0 saturated heterocycles. The fourth-order valence-electron chi connectivity index (χ4n) is 10.2. The number of rotatable bonds is 6. The molecule has 2 heteroatoms. The molecule has 0 N–H and O–H groups in total. The van der Waals surface area contributed by atoms with Crippen molar-refractivity contribution in [1.29, 1.82) is 0 Å². The van der Waals surface area contributed by atoms with Crippen LogP contribution in [0.1, 0.15) is 62.4 Å². The Bertz CT molecular complexity index is 3090. The summed E-state index contributed by atoms with van der Waals surface area (Å²) in [6.07, 6.45) is 1.02. The summed E-state index contributed by atoms with van der Waals surface area (Å²) in [6.45, 7) is 11.8. The Labute approximate surface area is 341 Å². The van der Waals surface area contributed by atoms with Gasteiger partial charge < -0.3 is 9.47 Å². The zero-order valence-corrected chi connectivity index (χ0v) is 33.8. The summed E-state index contributed by atoms with van der Waals surface area (Å²) in [5.41, 5.74) is 21.6. The van der Waals surface area contributed by atoms with Gasteiger partial charge in [0.15, 0.2) is 0 Å². The fourth-order valence-corrected chi connectivity index (χ4v) is 10.2. The van der Waals surface area contributed by atoms with Crippen molar-refractivity contribution < 1.29 is 0 Å². The van der Waals surface area contributed by atoms with Crippen molar-refractivity contribution in [1.82, 2.24) is 4.57 Å². The zero-order valence-electron chi connectivity index (χ0n) is 33.8. The number of fused-ring (bicyclic) bond motifs is 9. The summed E-state index contributed by atoms with van der Waals surface area (Å²) in [4.78, 5) is 2.46. The van der Waals surface area contributed by atoms with Gasteiger partial charge in [-0.2, -0.15) is 0 Å². The predicted octanol–water partition coefficient (Wildman–Crippen LogP) is 15.1. The van der Waals surface area contributed by atoms with Crippen LogP contribution in [0.5, 0.6) is 0 Å². The summed E-state index contributed by atoms with van der Waals surface area (Å²) >= 11 is 0. The number of aryl methyl sites for hydroxylation is 1. The molecule has 11 rings (SSSR count). The molecule has 2 aliphatic carbocycles. The lowest BCUT2D eigenvalue weighted by Crippen LogP contribution is -2.18. The number of para-hydroxylation sites is 2. The molecule has 0 atom stereocenters. The minimum Gasteiger partial charge on any atom is -0.310 e. The molecular formula is C56H46N2. The minimum absolute atomic E-state index is 0.0809. The molecule has 0 saturated carbocycles. The van der Waals surface area contributed by atoms with E-state index in [-0.39, 0.29) is 10.8 Å². The summed E-state index contributed by atoms with van der Waals surface area (Å²) in [7, 11) is 0. The van der Waals surface area contributed by atoms with Gasteiger partial charge in [-0.1, -0.05) is 138 Å². The third-order valence-electron chi connectivity index (χ3n) is 13.4. The topological polar surface area (TPSA) is 8.17 Å². The number of nitrogens with zero attached hydrogens (tertiary/aromatic N) is 2. The van der Waals surface area contributed by atoms with Crippen LogP contribution in [-0.2, 0) is 17.3 Å². The van der Waals surface area contributed by atoms with Crippen molar-refractivity contribution in [3.05, 3.63) is 204 Å². The van der Waals surface area contributed by atoms with Crippen molar-refractivity contribution in [3.8, 4) is 39.1 Å². The molecule has 0 bridgehead atoms. The molecule has 1 aromatic heterocycles. The molecule has 2 nitrogen and oxygen atoms in total. The second kappa shape index (κ2) is 12.7. The highest BCUT2D eigenvalue weighted by molar-refractivity contribution is 6.10. The lowest BCUT2D eigenvalue weighted by Gasteiger charge is -2.30. The van der Waals surface area contributed by atoms with E-state index in [1.165, 1.54) is 106 Å². The summed E-state index contributed by atoms with van der Waals surface area (Å²) in [5, 5.41) is 2.55. The highest BCUT2D eigenvalue weighted by Gasteiger charge is 2.38. The Morgan fingerprint density at radius 3 is 1.64 bits per heavy atom. The van der Waals surface area contributed by atoms with Gasteiger partial charge in [0.05, 0.1) is 11.0 Å². The molecule has 0 unspecified atom stereocenters. The minimum atomic E-state index is -0.191. The lowest BCUT2D eigenvalue weighted by molar-refractivity contribution is 0.660. The third-order valence-corrected chi connectivity index (χ3v) is 13.4. The second-order valence-corrected chi connectivity index (χ2v) is 17.3. The van der Waals surface area contributed by atoms with Gasteiger partial charge in [-0.3, -0.25) is 0 Å². The molecule has 0 fully saturated rings. The monoisotopic (exact) mass is 746 g/mol. The first-order chi connectivity index (χ1) is 28.2. The van der Waals surface area contributed by atoms with Gasteiger partial charge >= 0.3 is 0 Å². The number of benzene rings is 8. The first-order valence-corrected chi connectivity index (χ1v) is 20.7. The number of hydrogen-bond acceptors (Lipinski definition) is 1. The first-order valence-electron chi connectivity index (χ1n) is 20.7. The quantitative estimate of drug-likeness (QED) is 0.164. The van der Waals surface area contributed by atoms with Crippen LogP contribution in [0.25, 0.3) is 60.9 Å². The lowest BCUT2D eigenvalue weighted by atomic mass is 9.81. The van der Waals surface area contributed by atoms with Crippen LogP contribution < -0.4 is 4.90 Å². The van der Waals surface area contributed by atoms with E-state index in [9.17, 15) is 0 Å². The molecule has 1 heterocycles. The van der Waals surface area contributed by atoms with Crippen LogP contribution in [0.3, 0.4) is 0 Å². The van der Waals surface area contributed by atoms with E-state index in [1.807, 2.05) is 0 Å². The second-order valence-electron chi connectivity index (χ2n) is 17.3. The van der Waals surface area contributed by atoms with Crippen LogP contribution in [0.4, 0.5) is 17.1 Å². The maximum absolute atomic E-state index is 2.46. The average molecular weight is 747 g/mol. The van der Waals surface area contributed by atoms with Gasteiger partial charge in [-0.05, 0) is 140 Å². The van der Waals surface area contributed by atoms with E-state index in [4.69, 9.17) is 0 Å². The van der Waals surface area contributed by atoms with Crippen molar-refractivity contribution in [2.75, 3.05) is 4.90 Å². The molecule has 0 aliphatic heterocycles. The maximum atomic E-state index is 2.46. The van der Waals surface area contributed by atoms with Gasteiger partial charge in [0.1, 0.15) is 0 Å². The largest absolute Gasteiger partial charge is 0.310 e. The van der Waals surface area contributed by atoms with E-state index in [0.717, 1.165) is 6.42 Å². The Balaban J connectivity index is 1.01. The van der Waals surface area contributed by atoms with E-state index >= 15 is 0 Å². The normalized spacial score (nSPS) is 14.3. The molecule has 8 aromatic carbocycles. The van der Waals surface area contributed by atoms with Crippen molar-refractivity contribution in [2.24, 2.45) is 0 Å². The summed E-state index contributed by atoms with van der Waals surface area (Å²) in [6, 6.07) is 65.9. The molecule has 0 radical (unpaired) electrons. The van der Waals surface area contributed by atoms with E-state index in [2.05, 4.69) is 220 Å². The standard InChI is InChI=1S/C56H46N2/c1-6-36-20-24-40(25-21-36)57(41-26-29-45-43-16-10-12-18-49(43)55(2,3)51(45)34-41)42-27-30-46-44-28-22-38(33-50(44)56(4,5)52(46)35-42)37-23-31-54-48(32-37)47-17-11-13-19-53(47)58(54)39-14-8-7-9-15-39/h7-35H,6H2,1-5H3. The molecular weight excluding hydrogens is 701 g/mol. The van der Waals surface area contributed by atoms with Crippen LogP contribution in [0, 0.1) is 0 Å². The number of hydrogen-bond donors (Lipinski definition) is 0. The van der Waals surface area contributed by atoms with Gasteiger partial charge in [0.25, 0.3) is 0 Å². The van der Waals surface area contributed by atoms with Crippen LogP contribution >= 0.6 is 0 Å². The van der Waals surface area contributed by atoms with Gasteiger partial charge in [0, 0.05) is 44.4 Å². The maximum Gasteiger partial charge on any atom is 0.0541 e. The van der Waals surface area contributed by atoms with Crippen molar-refractivity contribution >= 4 is 38.9 Å². The van der Waals surface area contributed by atoms with Crippen molar-refractivity contribution in [3.63, 3.8) is 0 Å². The van der Waals surface area contributed by atoms with Crippen LogP contribution in [-0.4, -0.2) is 4.57 Å². The summed E-state index contributed by atoms with van der Waals surface area (Å²) in [5.74, 6) is 0. The number of aromatic nitrogens is 1. The molecule has 2 aliphatic rings. The Kier molecular flexibility index (Phi) is 7.56. The molecule has 0 amide bonds. The molecule has 58 heavy (non-hydrogen) atoms. The van der Waals surface area contributed by atoms with E-state index < -0.39 is 0 Å². The predicted molar refractivity (Wildman–Crippen MR) is 245 cm³/mol. The van der Waals surface area contributed by atoms with E-state index in [1.54, 1.807) is 0 Å². The molecule has 9 aromatic rings. The highest BCUT2D eigenvalue weighted by Crippen LogP contribution is 2.53. The SMILES string of the molecule is CCc1ccc(N(c2ccc3c(c2)C(C)(C)c2ccccc2-3)c2ccc3c(c2)C(C)(C)c2cc(-c4ccc5c(c4)c4ccccc4n5-c4ccccc4)ccc2-3)cc1. The zero-order chi connectivity index (χ0) is 39.3. The Morgan fingerprint density at radius 1 is 0.414 bits per heavy atom. The Hall–Kier alpha value is -6.64. The average Bonchev–Trinajstić information content (AvgIpc) is 3.80. The number of anilines is 3. The van der Waals surface area contributed by atoms with Gasteiger partial charge in [0.2, 0.25) is 0 Å². The third kappa shape index (κ3) is 5.04.